The molecule has 0 spiro atoms. The summed E-state index contributed by atoms with van der Waals surface area (Å²) in [5.74, 6) is 1.31. The molecule has 22 heavy (non-hydrogen) atoms. The molecule has 1 amide bonds. The van der Waals surface area contributed by atoms with Gasteiger partial charge in [-0.15, -0.1) is 11.3 Å². The van der Waals surface area contributed by atoms with Crippen molar-refractivity contribution >= 4 is 17.2 Å². The van der Waals surface area contributed by atoms with Crippen molar-refractivity contribution in [1.29, 1.82) is 0 Å². The van der Waals surface area contributed by atoms with Crippen LogP contribution in [0.15, 0.2) is 23.3 Å². The van der Waals surface area contributed by atoms with Gasteiger partial charge in [0.2, 0.25) is 5.91 Å². The molecule has 6 nitrogen and oxygen atoms in total. The lowest BCUT2D eigenvalue weighted by atomic mass is 9.97. The number of hydrogen-bond acceptors (Lipinski definition) is 5. The van der Waals surface area contributed by atoms with Crippen molar-refractivity contribution in [2.45, 2.75) is 31.7 Å². The van der Waals surface area contributed by atoms with Crippen molar-refractivity contribution in [1.82, 2.24) is 19.4 Å². The van der Waals surface area contributed by atoms with Crippen molar-refractivity contribution in [3.63, 3.8) is 0 Å². The maximum absolute atomic E-state index is 12.0. The maximum atomic E-state index is 12.0. The SMILES string of the molecule is O=C(CCO)N1CCCC(c2nccn2Cc2cscn2)C1. The van der Waals surface area contributed by atoms with Crippen LogP contribution in [0.4, 0.5) is 0 Å². The van der Waals surface area contributed by atoms with Crippen LogP contribution in [0.2, 0.25) is 0 Å². The molecule has 1 atom stereocenters. The third kappa shape index (κ3) is 3.36. The highest BCUT2D eigenvalue weighted by atomic mass is 32.1. The van der Waals surface area contributed by atoms with Gasteiger partial charge in [-0.3, -0.25) is 4.79 Å². The Labute approximate surface area is 133 Å². The van der Waals surface area contributed by atoms with E-state index in [9.17, 15) is 4.79 Å². The zero-order valence-electron chi connectivity index (χ0n) is 12.4. The summed E-state index contributed by atoms with van der Waals surface area (Å²) >= 11 is 1.59. The number of aliphatic hydroxyl groups excluding tert-OH is 1. The van der Waals surface area contributed by atoms with Gasteiger partial charge in [-0.2, -0.15) is 0 Å². The molecule has 7 heteroatoms. The number of hydrogen-bond donors (Lipinski definition) is 1. The molecule has 1 unspecified atom stereocenters. The summed E-state index contributed by atoms with van der Waals surface area (Å²) in [6.45, 7) is 2.10. The van der Waals surface area contributed by atoms with Gasteiger partial charge in [0.05, 0.1) is 24.4 Å². The second-order valence-electron chi connectivity index (χ2n) is 5.55. The zero-order chi connectivity index (χ0) is 15.4. The Morgan fingerprint density at radius 1 is 1.45 bits per heavy atom. The minimum atomic E-state index is -0.0849. The van der Waals surface area contributed by atoms with Crippen LogP contribution in [0.25, 0.3) is 0 Å². The number of piperidine rings is 1. The number of amides is 1. The normalized spacial score (nSPS) is 18.6. The van der Waals surface area contributed by atoms with Crippen molar-refractivity contribution in [2.24, 2.45) is 0 Å². The second kappa shape index (κ2) is 7.02. The fourth-order valence-electron chi connectivity index (χ4n) is 2.97. The van der Waals surface area contributed by atoms with E-state index in [-0.39, 0.29) is 24.9 Å². The fourth-order valence-corrected chi connectivity index (χ4v) is 3.52. The minimum absolute atomic E-state index is 0.0322. The molecule has 0 saturated carbocycles. The van der Waals surface area contributed by atoms with E-state index in [1.165, 1.54) is 0 Å². The van der Waals surface area contributed by atoms with Gasteiger partial charge in [0.25, 0.3) is 0 Å². The fraction of sp³-hybridized carbons (Fsp3) is 0.533. The number of aromatic nitrogens is 3. The molecule has 3 rings (SSSR count). The number of carbonyl (C=O) groups is 1. The number of imidazole rings is 1. The van der Waals surface area contributed by atoms with Crippen molar-refractivity contribution in [3.05, 3.63) is 34.8 Å². The Balaban J connectivity index is 1.71. The van der Waals surface area contributed by atoms with E-state index in [2.05, 4.69) is 14.5 Å². The van der Waals surface area contributed by atoms with Crippen LogP contribution in [-0.2, 0) is 11.3 Å². The Kier molecular flexibility index (Phi) is 4.84. The number of carbonyl (C=O) groups excluding carboxylic acids is 1. The molecule has 0 radical (unpaired) electrons. The molecule has 1 fully saturated rings. The van der Waals surface area contributed by atoms with Gasteiger partial charge in [-0.05, 0) is 12.8 Å². The predicted molar refractivity (Wildman–Crippen MR) is 83.7 cm³/mol. The summed E-state index contributed by atoms with van der Waals surface area (Å²) in [5.41, 5.74) is 2.87. The highest BCUT2D eigenvalue weighted by molar-refractivity contribution is 7.07. The molecule has 2 aromatic heterocycles. The topological polar surface area (TPSA) is 71.2 Å². The van der Waals surface area contributed by atoms with Crippen LogP contribution >= 0.6 is 11.3 Å². The van der Waals surface area contributed by atoms with Crippen LogP contribution in [0, 0.1) is 0 Å². The van der Waals surface area contributed by atoms with E-state index in [4.69, 9.17) is 5.11 Å². The summed E-state index contributed by atoms with van der Waals surface area (Å²) < 4.78 is 2.12. The molecular formula is C15H20N4O2S. The van der Waals surface area contributed by atoms with E-state index < -0.39 is 0 Å². The monoisotopic (exact) mass is 320 g/mol. The van der Waals surface area contributed by atoms with Crippen LogP contribution in [-0.4, -0.2) is 50.1 Å². The molecule has 0 aromatic carbocycles. The Hall–Kier alpha value is -1.73. The third-order valence-electron chi connectivity index (χ3n) is 4.03. The number of aliphatic hydroxyl groups is 1. The van der Waals surface area contributed by atoms with Crippen LogP contribution < -0.4 is 0 Å². The average Bonchev–Trinajstić information content (AvgIpc) is 3.20. The van der Waals surface area contributed by atoms with E-state index >= 15 is 0 Å². The van der Waals surface area contributed by atoms with E-state index in [1.807, 2.05) is 28.2 Å². The van der Waals surface area contributed by atoms with Gasteiger partial charge in [0, 0.05) is 43.2 Å². The second-order valence-corrected chi connectivity index (χ2v) is 6.26. The zero-order valence-corrected chi connectivity index (χ0v) is 13.2. The molecular weight excluding hydrogens is 300 g/mol. The van der Waals surface area contributed by atoms with Crippen molar-refractivity contribution in [3.8, 4) is 0 Å². The van der Waals surface area contributed by atoms with Gasteiger partial charge in [-0.1, -0.05) is 0 Å². The first kappa shape index (κ1) is 15.2. The van der Waals surface area contributed by atoms with Crippen molar-refractivity contribution in [2.75, 3.05) is 19.7 Å². The predicted octanol–water partition coefficient (Wildman–Crippen LogP) is 1.48. The summed E-state index contributed by atoms with van der Waals surface area (Å²) in [4.78, 5) is 22.7. The van der Waals surface area contributed by atoms with Crippen LogP contribution in [0.5, 0.6) is 0 Å². The Morgan fingerprint density at radius 2 is 2.36 bits per heavy atom. The summed E-state index contributed by atoms with van der Waals surface area (Å²) in [6.07, 6.45) is 6.02. The van der Waals surface area contributed by atoms with Gasteiger partial charge in [-0.25, -0.2) is 9.97 Å². The molecule has 1 aliphatic rings. The molecule has 0 aliphatic carbocycles. The van der Waals surface area contributed by atoms with Gasteiger partial charge < -0.3 is 14.6 Å². The smallest absolute Gasteiger partial charge is 0.224 e. The Bertz CT molecular complexity index is 611. The first-order valence-electron chi connectivity index (χ1n) is 7.54. The third-order valence-corrected chi connectivity index (χ3v) is 4.66. The minimum Gasteiger partial charge on any atom is -0.396 e. The molecule has 1 saturated heterocycles. The standard InChI is InChI=1S/C15H20N4O2S/c20-7-3-14(21)18-5-1-2-12(8-18)15-16-4-6-19(15)9-13-10-22-11-17-13/h4,6,10-12,20H,1-3,5,7-9H2. The van der Waals surface area contributed by atoms with Crippen LogP contribution in [0.3, 0.4) is 0 Å². The number of rotatable bonds is 5. The first-order valence-corrected chi connectivity index (χ1v) is 8.49. The maximum Gasteiger partial charge on any atom is 0.224 e. The molecule has 0 bridgehead atoms. The number of likely N-dealkylation sites (tertiary alicyclic amines) is 1. The summed E-state index contributed by atoms with van der Waals surface area (Å²) in [7, 11) is 0. The Morgan fingerprint density at radius 3 is 3.14 bits per heavy atom. The molecule has 1 N–H and O–H groups in total. The van der Waals surface area contributed by atoms with Gasteiger partial charge in [0.1, 0.15) is 5.82 Å². The number of nitrogens with zero attached hydrogens (tertiary/aromatic N) is 4. The highest BCUT2D eigenvalue weighted by Crippen LogP contribution is 2.26. The molecule has 118 valence electrons. The summed E-state index contributed by atoms with van der Waals surface area (Å²) in [6, 6.07) is 0. The van der Waals surface area contributed by atoms with E-state index in [0.717, 1.165) is 37.4 Å². The van der Waals surface area contributed by atoms with Crippen molar-refractivity contribution < 1.29 is 9.90 Å². The van der Waals surface area contributed by atoms with Crippen LogP contribution in [0.1, 0.15) is 36.7 Å². The van der Waals surface area contributed by atoms with Gasteiger partial charge in [0.15, 0.2) is 0 Å². The highest BCUT2D eigenvalue weighted by Gasteiger charge is 2.27. The molecule has 3 heterocycles. The largest absolute Gasteiger partial charge is 0.396 e. The quantitative estimate of drug-likeness (QED) is 0.906. The lowest BCUT2D eigenvalue weighted by Gasteiger charge is -2.32. The average molecular weight is 320 g/mol. The summed E-state index contributed by atoms with van der Waals surface area (Å²) in [5, 5.41) is 11.0. The van der Waals surface area contributed by atoms with E-state index in [1.54, 1.807) is 11.3 Å². The molecule has 1 aliphatic heterocycles. The number of thiazole rings is 1. The van der Waals surface area contributed by atoms with Gasteiger partial charge >= 0.3 is 0 Å². The van der Waals surface area contributed by atoms with E-state index in [0.29, 0.717) is 6.54 Å². The molecule has 2 aromatic rings. The lowest BCUT2D eigenvalue weighted by Crippen LogP contribution is -2.40. The first-order chi connectivity index (χ1) is 10.8. The lowest BCUT2D eigenvalue weighted by molar-refractivity contribution is -0.133.